The molecule has 1 N–H and O–H groups in total. The number of anilines is 1. The summed E-state index contributed by atoms with van der Waals surface area (Å²) in [6, 6.07) is 19.6. The van der Waals surface area contributed by atoms with E-state index in [1.165, 1.54) is 10.3 Å². The van der Waals surface area contributed by atoms with Crippen molar-refractivity contribution in [1.82, 2.24) is 4.98 Å². The molecule has 0 saturated heterocycles. The summed E-state index contributed by atoms with van der Waals surface area (Å²) in [5, 5.41) is 3.92. The second kappa shape index (κ2) is 7.22. The molecule has 1 aliphatic rings. The maximum atomic E-state index is 12.4. The van der Waals surface area contributed by atoms with E-state index < -0.39 is 0 Å². The quantitative estimate of drug-likeness (QED) is 0.511. The van der Waals surface area contributed by atoms with Crippen molar-refractivity contribution < 1.29 is 14.3 Å². The molecule has 3 aromatic carbocycles. The molecule has 0 unspecified atom stereocenters. The highest BCUT2D eigenvalue weighted by Crippen LogP contribution is 2.33. The molecule has 1 aromatic heterocycles. The molecule has 0 atom stereocenters. The molecule has 29 heavy (non-hydrogen) atoms. The van der Waals surface area contributed by atoms with Gasteiger partial charge in [0.2, 0.25) is 12.7 Å². The van der Waals surface area contributed by atoms with Crippen LogP contribution in [-0.4, -0.2) is 17.7 Å². The van der Waals surface area contributed by atoms with E-state index in [2.05, 4.69) is 30.4 Å². The van der Waals surface area contributed by atoms with Gasteiger partial charge in [0.1, 0.15) is 5.01 Å². The maximum Gasteiger partial charge on any atom is 0.231 e. The number of carbonyl (C=O) groups is 1. The number of benzene rings is 3. The van der Waals surface area contributed by atoms with Gasteiger partial charge < -0.3 is 14.8 Å². The van der Waals surface area contributed by atoms with E-state index in [1.807, 2.05) is 42.5 Å². The number of ether oxygens (including phenoxy) is 2. The van der Waals surface area contributed by atoms with E-state index in [0.717, 1.165) is 33.1 Å². The van der Waals surface area contributed by atoms with Crippen LogP contribution in [0.3, 0.4) is 0 Å². The van der Waals surface area contributed by atoms with Crippen LogP contribution >= 0.6 is 11.3 Å². The van der Waals surface area contributed by atoms with Gasteiger partial charge in [-0.05, 0) is 66.6 Å². The van der Waals surface area contributed by atoms with E-state index >= 15 is 0 Å². The molecule has 144 valence electrons. The van der Waals surface area contributed by atoms with Crippen LogP contribution in [0.1, 0.15) is 11.1 Å². The summed E-state index contributed by atoms with van der Waals surface area (Å²) in [5.74, 6) is 1.33. The lowest BCUT2D eigenvalue weighted by atomic mass is 10.1. The summed E-state index contributed by atoms with van der Waals surface area (Å²) in [6.45, 7) is 2.31. The number of aromatic nitrogens is 1. The Bertz CT molecular complexity index is 1210. The van der Waals surface area contributed by atoms with Gasteiger partial charge in [-0.25, -0.2) is 4.98 Å². The molecule has 0 bridgehead atoms. The summed E-state index contributed by atoms with van der Waals surface area (Å²) in [5.41, 5.74) is 4.92. The van der Waals surface area contributed by atoms with Gasteiger partial charge in [0.25, 0.3) is 0 Å². The van der Waals surface area contributed by atoms with E-state index in [-0.39, 0.29) is 19.1 Å². The first-order valence-electron chi connectivity index (χ1n) is 9.30. The second-order valence-electron chi connectivity index (χ2n) is 6.98. The molecular weight excluding hydrogens is 384 g/mol. The predicted molar refractivity (Wildman–Crippen MR) is 115 cm³/mol. The largest absolute Gasteiger partial charge is 0.454 e. The van der Waals surface area contributed by atoms with Crippen molar-refractivity contribution in [3.8, 4) is 22.1 Å². The van der Waals surface area contributed by atoms with Gasteiger partial charge in [0.05, 0.1) is 16.6 Å². The molecule has 5 nitrogen and oxygen atoms in total. The average Bonchev–Trinajstić information content (AvgIpc) is 3.34. The highest BCUT2D eigenvalue weighted by atomic mass is 32.1. The number of nitrogens with one attached hydrogen (secondary N) is 1. The molecule has 1 aliphatic heterocycles. The lowest BCUT2D eigenvalue weighted by Gasteiger charge is -2.07. The van der Waals surface area contributed by atoms with Crippen molar-refractivity contribution in [2.24, 2.45) is 0 Å². The Morgan fingerprint density at radius 1 is 1.03 bits per heavy atom. The van der Waals surface area contributed by atoms with Gasteiger partial charge in [-0.2, -0.15) is 0 Å². The van der Waals surface area contributed by atoms with Crippen LogP contribution in [0, 0.1) is 6.92 Å². The number of aryl methyl sites for hydroxylation is 1. The number of hydrogen-bond acceptors (Lipinski definition) is 5. The smallest absolute Gasteiger partial charge is 0.231 e. The molecule has 2 heterocycles. The molecular formula is C23H18N2O3S. The average molecular weight is 402 g/mol. The van der Waals surface area contributed by atoms with Crippen molar-refractivity contribution in [1.29, 1.82) is 0 Å². The zero-order chi connectivity index (χ0) is 19.8. The zero-order valence-corrected chi connectivity index (χ0v) is 16.6. The number of nitrogens with zero attached hydrogens (tertiary/aromatic N) is 1. The third-order valence-corrected chi connectivity index (χ3v) is 5.83. The topological polar surface area (TPSA) is 60.5 Å². The van der Waals surface area contributed by atoms with Crippen molar-refractivity contribution in [2.75, 3.05) is 12.1 Å². The predicted octanol–water partition coefficient (Wildman–Crippen LogP) is 5.18. The van der Waals surface area contributed by atoms with Crippen molar-refractivity contribution >= 4 is 33.1 Å². The Morgan fingerprint density at radius 2 is 1.86 bits per heavy atom. The van der Waals surface area contributed by atoms with Crippen LogP contribution in [0.5, 0.6) is 11.5 Å². The van der Waals surface area contributed by atoms with Crippen molar-refractivity contribution in [3.63, 3.8) is 0 Å². The van der Waals surface area contributed by atoms with Gasteiger partial charge in [-0.15, -0.1) is 11.3 Å². The highest BCUT2D eigenvalue weighted by Gasteiger charge is 2.14. The molecule has 0 radical (unpaired) electrons. The molecule has 0 saturated carbocycles. The molecule has 0 fully saturated rings. The third-order valence-electron chi connectivity index (χ3n) is 4.76. The van der Waals surface area contributed by atoms with E-state index in [0.29, 0.717) is 5.75 Å². The second-order valence-corrected chi connectivity index (χ2v) is 8.01. The third kappa shape index (κ3) is 3.67. The molecule has 6 heteroatoms. The van der Waals surface area contributed by atoms with Crippen molar-refractivity contribution in [3.05, 3.63) is 71.8 Å². The fourth-order valence-electron chi connectivity index (χ4n) is 3.29. The fraction of sp³-hybridized carbons (Fsp3) is 0.130. The van der Waals surface area contributed by atoms with Gasteiger partial charge in [0, 0.05) is 11.3 Å². The Morgan fingerprint density at radius 3 is 2.72 bits per heavy atom. The lowest BCUT2D eigenvalue weighted by Crippen LogP contribution is -2.14. The summed E-state index contributed by atoms with van der Waals surface area (Å²) < 4.78 is 11.8. The number of fused-ring (bicyclic) bond motifs is 2. The normalized spacial score (nSPS) is 12.3. The Labute approximate surface area is 171 Å². The minimum absolute atomic E-state index is 0.0768. The first kappa shape index (κ1) is 17.7. The zero-order valence-electron chi connectivity index (χ0n) is 15.8. The maximum absolute atomic E-state index is 12.4. The molecule has 1 amide bonds. The minimum Gasteiger partial charge on any atom is -0.454 e. The first-order chi connectivity index (χ1) is 14.1. The van der Waals surface area contributed by atoms with Gasteiger partial charge in [0.15, 0.2) is 11.5 Å². The SMILES string of the molecule is Cc1ccc2nc(-c3ccc(NC(=O)Cc4ccc5c(c4)OCO5)cc3)sc2c1. The number of carbonyl (C=O) groups excluding carboxylic acids is 1. The van der Waals surface area contributed by atoms with Crippen LogP contribution in [0.15, 0.2) is 60.7 Å². The van der Waals surface area contributed by atoms with E-state index in [1.54, 1.807) is 11.3 Å². The van der Waals surface area contributed by atoms with Crippen LogP contribution in [0.4, 0.5) is 5.69 Å². The highest BCUT2D eigenvalue weighted by molar-refractivity contribution is 7.21. The lowest BCUT2D eigenvalue weighted by molar-refractivity contribution is -0.115. The number of amides is 1. The van der Waals surface area contributed by atoms with Crippen LogP contribution in [0.25, 0.3) is 20.8 Å². The Balaban J connectivity index is 1.27. The number of rotatable bonds is 4. The van der Waals surface area contributed by atoms with Crippen molar-refractivity contribution in [2.45, 2.75) is 13.3 Å². The van der Waals surface area contributed by atoms with Gasteiger partial charge >= 0.3 is 0 Å². The van der Waals surface area contributed by atoms with Gasteiger partial charge in [-0.3, -0.25) is 4.79 Å². The fourth-order valence-corrected chi connectivity index (χ4v) is 4.36. The number of hydrogen-bond donors (Lipinski definition) is 1. The van der Waals surface area contributed by atoms with E-state index in [4.69, 9.17) is 14.5 Å². The standard InChI is InChI=1S/C23H18N2O3S/c1-14-2-8-18-21(10-14)29-23(25-18)16-4-6-17(7-5-16)24-22(26)12-15-3-9-19-20(11-15)28-13-27-19/h2-11H,12-13H2,1H3,(H,24,26). The van der Waals surface area contributed by atoms with Crippen LogP contribution in [0.2, 0.25) is 0 Å². The molecule has 5 rings (SSSR count). The molecule has 0 aliphatic carbocycles. The van der Waals surface area contributed by atoms with Crippen LogP contribution in [-0.2, 0) is 11.2 Å². The van der Waals surface area contributed by atoms with E-state index in [9.17, 15) is 4.79 Å². The minimum atomic E-state index is -0.0768. The Kier molecular flexibility index (Phi) is 4.41. The van der Waals surface area contributed by atoms with Gasteiger partial charge in [-0.1, -0.05) is 12.1 Å². The Hall–Kier alpha value is -3.38. The number of thiazole rings is 1. The molecule has 4 aromatic rings. The summed E-state index contributed by atoms with van der Waals surface area (Å²) in [4.78, 5) is 17.1. The summed E-state index contributed by atoms with van der Waals surface area (Å²) >= 11 is 1.68. The summed E-state index contributed by atoms with van der Waals surface area (Å²) in [7, 11) is 0. The first-order valence-corrected chi connectivity index (χ1v) is 10.1. The monoisotopic (exact) mass is 402 g/mol. The summed E-state index contributed by atoms with van der Waals surface area (Å²) in [6.07, 6.45) is 0.273. The molecule has 0 spiro atoms. The van der Waals surface area contributed by atoms with Crippen LogP contribution < -0.4 is 14.8 Å².